The highest BCUT2D eigenvalue weighted by Crippen LogP contribution is 2.26. The van der Waals surface area contributed by atoms with Gasteiger partial charge in [-0.2, -0.15) is 0 Å². The van der Waals surface area contributed by atoms with Crippen molar-refractivity contribution in [2.45, 2.75) is 13.0 Å². The number of amides is 1. The summed E-state index contributed by atoms with van der Waals surface area (Å²) in [6.45, 7) is 1.25. The molecule has 0 aliphatic carbocycles. The number of methoxy groups -OCH3 is 1. The molecule has 0 fully saturated rings. The third-order valence-electron chi connectivity index (χ3n) is 3.69. The Morgan fingerprint density at radius 3 is 2.90 bits per heavy atom. The fourth-order valence-electron chi connectivity index (χ4n) is 2.55. The zero-order valence-corrected chi connectivity index (χ0v) is 12.4. The molecule has 0 atom stereocenters. The minimum Gasteiger partial charge on any atom is -0.481 e. The molecule has 0 saturated heterocycles. The van der Waals surface area contributed by atoms with Crippen LogP contribution in [0.4, 0.5) is 0 Å². The van der Waals surface area contributed by atoms with Crippen LogP contribution in [0.15, 0.2) is 36.5 Å². The van der Waals surface area contributed by atoms with Crippen molar-refractivity contribution < 1.29 is 9.53 Å². The number of halogens is 1. The maximum atomic E-state index is 12.5. The number of carbonyl (C=O) groups excluding carboxylic acids is 1. The van der Waals surface area contributed by atoms with E-state index < -0.39 is 0 Å². The second-order valence-electron chi connectivity index (χ2n) is 4.94. The number of carbonyl (C=O) groups is 1. The molecule has 1 aromatic heterocycles. The van der Waals surface area contributed by atoms with Crippen molar-refractivity contribution >= 4 is 17.5 Å². The molecule has 2 aromatic rings. The van der Waals surface area contributed by atoms with E-state index >= 15 is 0 Å². The fourth-order valence-corrected chi connectivity index (χ4v) is 2.83. The molecule has 0 bridgehead atoms. The van der Waals surface area contributed by atoms with Gasteiger partial charge in [-0.05, 0) is 29.7 Å². The van der Waals surface area contributed by atoms with Crippen LogP contribution >= 0.6 is 11.6 Å². The summed E-state index contributed by atoms with van der Waals surface area (Å²) >= 11 is 6.19. The van der Waals surface area contributed by atoms with E-state index in [1.807, 2.05) is 23.1 Å². The third kappa shape index (κ3) is 2.72. The van der Waals surface area contributed by atoms with Gasteiger partial charge in [0.15, 0.2) is 0 Å². The van der Waals surface area contributed by atoms with Gasteiger partial charge in [-0.1, -0.05) is 23.7 Å². The maximum absolute atomic E-state index is 12.5. The van der Waals surface area contributed by atoms with E-state index in [4.69, 9.17) is 16.3 Å². The van der Waals surface area contributed by atoms with Crippen LogP contribution in [0.25, 0.3) is 0 Å². The number of benzene rings is 1. The Hall–Kier alpha value is -2.07. The number of aromatic nitrogens is 1. The number of rotatable bonds is 2. The quantitative estimate of drug-likeness (QED) is 0.856. The molecule has 0 unspecified atom stereocenters. The summed E-state index contributed by atoms with van der Waals surface area (Å²) < 4.78 is 5.00. The number of fused-ring (bicyclic) bond motifs is 1. The molecule has 0 saturated carbocycles. The second-order valence-corrected chi connectivity index (χ2v) is 5.35. The van der Waals surface area contributed by atoms with E-state index in [0.717, 1.165) is 22.6 Å². The van der Waals surface area contributed by atoms with Gasteiger partial charge in [0.25, 0.3) is 5.91 Å². The third-order valence-corrected chi connectivity index (χ3v) is 4.04. The molecule has 2 heterocycles. The van der Waals surface area contributed by atoms with Crippen molar-refractivity contribution in [2.24, 2.45) is 0 Å². The van der Waals surface area contributed by atoms with Crippen molar-refractivity contribution in [1.29, 1.82) is 0 Å². The monoisotopic (exact) mass is 302 g/mol. The van der Waals surface area contributed by atoms with Gasteiger partial charge in [0.05, 0.1) is 12.7 Å². The molecule has 0 radical (unpaired) electrons. The maximum Gasteiger partial charge on any atom is 0.255 e. The van der Waals surface area contributed by atoms with Gasteiger partial charge in [0, 0.05) is 30.4 Å². The van der Waals surface area contributed by atoms with Crippen LogP contribution in [-0.4, -0.2) is 29.4 Å². The molecule has 4 nitrogen and oxygen atoms in total. The summed E-state index contributed by atoms with van der Waals surface area (Å²) in [4.78, 5) is 18.4. The molecule has 0 N–H and O–H groups in total. The summed E-state index contributed by atoms with van der Waals surface area (Å²) in [7, 11) is 1.55. The molecule has 1 aromatic carbocycles. The van der Waals surface area contributed by atoms with E-state index in [1.165, 1.54) is 0 Å². The number of pyridine rings is 1. The van der Waals surface area contributed by atoms with Crippen LogP contribution in [0.5, 0.6) is 5.88 Å². The summed E-state index contributed by atoms with van der Waals surface area (Å²) in [6, 6.07) is 9.27. The standard InChI is InChI=1S/C16H15ClN2O2/c1-21-15-6-5-11(9-18-15)16(20)19-8-7-13-12(10-19)3-2-4-14(13)17/h2-6,9H,7-8,10H2,1H3. The van der Waals surface area contributed by atoms with Gasteiger partial charge in [-0.25, -0.2) is 4.98 Å². The summed E-state index contributed by atoms with van der Waals surface area (Å²) in [5.74, 6) is 0.484. The summed E-state index contributed by atoms with van der Waals surface area (Å²) in [6.07, 6.45) is 2.33. The Balaban J connectivity index is 1.80. The lowest BCUT2D eigenvalue weighted by Crippen LogP contribution is -2.36. The Kier molecular flexibility index (Phi) is 3.80. The van der Waals surface area contributed by atoms with Crippen LogP contribution in [0.1, 0.15) is 21.5 Å². The molecule has 1 amide bonds. The van der Waals surface area contributed by atoms with Crippen LogP contribution in [0.3, 0.4) is 0 Å². The van der Waals surface area contributed by atoms with E-state index in [-0.39, 0.29) is 5.91 Å². The fraction of sp³-hybridized carbons (Fsp3) is 0.250. The van der Waals surface area contributed by atoms with Crippen molar-refractivity contribution in [3.8, 4) is 5.88 Å². The van der Waals surface area contributed by atoms with Gasteiger partial charge in [-0.15, -0.1) is 0 Å². The second kappa shape index (κ2) is 5.74. The largest absolute Gasteiger partial charge is 0.481 e. The smallest absolute Gasteiger partial charge is 0.255 e. The zero-order valence-electron chi connectivity index (χ0n) is 11.7. The van der Waals surface area contributed by atoms with Crippen LogP contribution in [0.2, 0.25) is 5.02 Å². The predicted molar refractivity (Wildman–Crippen MR) is 80.7 cm³/mol. The Labute approximate surface area is 128 Å². The summed E-state index contributed by atoms with van der Waals surface area (Å²) in [5, 5.41) is 0.783. The summed E-state index contributed by atoms with van der Waals surface area (Å²) in [5.41, 5.74) is 2.83. The predicted octanol–water partition coefficient (Wildman–Crippen LogP) is 2.94. The van der Waals surface area contributed by atoms with Crippen molar-refractivity contribution in [3.05, 3.63) is 58.2 Å². The van der Waals surface area contributed by atoms with Crippen LogP contribution < -0.4 is 4.74 Å². The van der Waals surface area contributed by atoms with Gasteiger partial charge in [0.2, 0.25) is 5.88 Å². The lowest BCUT2D eigenvalue weighted by atomic mass is 9.99. The molecule has 108 valence electrons. The molecular weight excluding hydrogens is 288 g/mol. The molecule has 0 spiro atoms. The molecule has 21 heavy (non-hydrogen) atoms. The average Bonchev–Trinajstić information content (AvgIpc) is 2.54. The lowest BCUT2D eigenvalue weighted by molar-refractivity contribution is 0.0734. The van der Waals surface area contributed by atoms with Crippen LogP contribution in [-0.2, 0) is 13.0 Å². The first-order valence-corrected chi connectivity index (χ1v) is 7.12. The topological polar surface area (TPSA) is 42.4 Å². The Bertz CT molecular complexity index is 670. The van der Waals surface area contributed by atoms with Gasteiger partial charge in [0.1, 0.15) is 0 Å². The first kappa shape index (κ1) is 13.9. The SMILES string of the molecule is COc1ccc(C(=O)N2CCc3c(Cl)cccc3C2)cn1. The van der Waals surface area contributed by atoms with Gasteiger partial charge < -0.3 is 9.64 Å². The minimum atomic E-state index is -0.0178. The van der Waals surface area contributed by atoms with Gasteiger partial charge in [-0.3, -0.25) is 4.79 Å². The molecule has 1 aliphatic heterocycles. The van der Waals surface area contributed by atoms with Crippen molar-refractivity contribution in [1.82, 2.24) is 9.88 Å². The normalized spacial score (nSPS) is 13.7. The number of hydrogen-bond acceptors (Lipinski definition) is 3. The minimum absolute atomic E-state index is 0.0178. The molecule has 3 rings (SSSR count). The molecule has 1 aliphatic rings. The number of ether oxygens (including phenoxy) is 1. The van der Waals surface area contributed by atoms with Gasteiger partial charge >= 0.3 is 0 Å². The zero-order chi connectivity index (χ0) is 14.8. The Morgan fingerprint density at radius 1 is 1.33 bits per heavy atom. The Morgan fingerprint density at radius 2 is 2.19 bits per heavy atom. The van der Waals surface area contributed by atoms with E-state index in [1.54, 1.807) is 25.4 Å². The molecule has 5 heteroatoms. The highest BCUT2D eigenvalue weighted by molar-refractivity contribution is 6.31. The first-order valence-electron chi connectivity index (χ1n) is 6.74. The highest BCUT2D eigenvalue weighted by atomic mass is 35.5. The lowest BCUT2D eigenvalue weighted by Gasteiger charge is -2.29. The van der Waals surface area contributed by atoms with E-state index in [0.29, 0.717) is 24.5 Å². The average molecular weight is 303 g/mol. The molecular formula is C16H15ClN2O2. The van der Waals surface area contributed by atoms with E-state index in [2.05, 4.69) is 4.98 Å². The number of hydrogen-bond donors (Lipinski definition) is 0. The highest BCUT2D eigenvalue weighted by Gasteiger charge is 2.23. The first-order chi connectivity index (χ1) is 10.2. The number of nitrogens with zero attached hydrogens (tertiary/aromatic N) is 2. The van der Waals surface area contributed by atoms with E-state index in [9.17, 15) is 4.79 Å². The van der Waals surface area contributed by atoms with Crippen molar-refractivity contribution in [2.75, 3.05) is 13.7 Å². The van der Waals surface area contributed by atoms with Crippen LogP contribution in [0, 0.1) is 0 Å². The van der Waals surface area contributed by atoms with Crippen molar-refractivity contribution in [3.63, 3.8) is 0 Å².